The third-order valence-corrected chi connectivity index (χ3v) is 6.07. The number of carbonyl (C=O) groups excluding carboxylic acids is 2. The number of benzene rings is 2. The van der Waals surface area contributed by atoms with Crippen molar-refractivity contribution in [3.05, 3.63) is 71.5 Å². The molecule has 0 atom stereocenters. The number of hydrogen-bond donors (Lipinski definition) is 1. The highest BCUT2D eigenvalue weighted by atomic mass is 32.2. The van der Waals surface area contributed by atoms with Crippen LogP contribution < -0.4 is 10.0 Å². The Morgan fingerprint density at radius 1 is 1.12 bits per heavy atom. The van der Waals surface area contributed by atoms with E-state index in [-0.39, 0.29) is 22.7 Å². The normalized spacial score (nSPS) is 13.6. The smallest absolute Gasteiger partial charge is 0.433 e. The number of nitrogens with zero attached hydrogens (tertiary/aromatic N) is 3. The summed E-state index contributed by atoms with van der Waals surface area (Å²) >= 11 is 0. The molecule has 1 aliphatic heterocycles. The molecule has 9 nitrogen and oxygen atoms in total. The fourth-order valence-corrected chi connectivity index (χ4v) is 4.16. The second-order valence-electron chi connectivity index (χ2n) is 7.38. The molecule has 0 bridgehead atoms. The molecule has 178 valence electrons. The van der Waals surface area contributed by atoms with Gasteiger partial charge in [-0.15, -0.1) is 0 Å². The minimum absolute atomic E-state index is 0.00256. The third kappa shape index (κ3) is 4.65. The third-order valence-electron chi connectivity index (χ3n) is 5.16. The first kappa shape index (κ1) is 23.4. The zero-order valence-corrected chi connectivity index (χ0v) is 18.1. The van der Waals surface area contributed by atoms with Crippen LogP contribution in [0.3, 0.4) is 0 Å². The van der Waals surface area contributed by atoms with Gasteiger partial charge in [0.25, 0.3) is 5.91 Å². The topological polar surface area (TPSA) is 125 Å². The lowest BCUT2D eigenvalue weighted by atomic mass is 10.2. The lowest BCUT2D eigenvalue weighted by Gasteiger charge is -2.17. The molecule has 1 aromatic heterocycles. The number of fused-ring (bicyclic) bond motifs is 1. The summed E-state index contributed by atoms with van der Waals surface area (Å²) in [6.07, 6.45) is -3.25. The van der Waals surface area contributed by atoms with E-state index < -0.39 is 40.4 Å². The number of nitrogens with two attached hydrogens (primary N) is 1. The van der Waals surface area contributed by atoms with Crippen LogP contribution in [0, 0.1) is 0 Å². The Labute approximate surface area is 191 Å². The second kappa shape index (κ2) is 8.57. The molecule has 1 amide bonds. The number of primary sulfonamides is 1. The largest absolute Gasteiger partial charge is 0.452 e. The Bertz CT molecular complexity index is 1390. The van der Waals surface area contributed by atoms with E-state index in [1.165, 1.54) is 47.4 Å². The summed E-state index contributed by atoms with van der Waals surface area (Å²) in [6.45, 7) is -0.357. The number of halogens is 3. The van der Waals surface area contributed by atoms with E-state index in [2.05, 4.69) is 5.10 Å². The fourth-order valence-electron chi connectivity index (χ4n) is 3.59. The highest BCUT2D eigenvalue weighted by Crippen LogP contribution is 2.31. The van der Waals surface area contributed by atoms with Crippen molar-refractivity contribution in [3.63, 3.8) is 0 Å². The number of anilines is 1. The molecule has 0 spiro atoms. The molecule has 0 radical (unpaired) electrons. The van der Waals surface area contributed by atoms with Crippen LogP contribution in [-0.4, -0.2) is 43.2 Å². The standard InChI is InChI=1S/C21H17F3N4O5S/c22-21(23,24)18-6-8-26-28(18)15-3-1-2-14(10-15)20(30)33-12-19(29)27-9-7-13-11-16(34(25,31)32)4-5-17(13)27/h1-6,8,10-11H,7,9,12H2,(H2,25,31,32). The van der Waals surface area contributed by atoms with E-state index in [0.717, 1.165) is 12.3 Å². The van der Waals surface area contributed by atoms with Crippen molar-refractivity contribution < 1.29 is 35.9 Å². The fraction of sp³-hybridized carbons (Fsp3) is 0.190. The zero-order chi connectivity index (χ0) is 24.7. The summed E-state index contributed by atoms with van der Waals surface area (Å²) in [5.74, 6) is -1.45. The maximum Gasteiger partial charge on any atom is 0.433 e. The van der Waals surface area contributed by atoms with E-state index in [9.17, 15) is 31.2 Å². The van der Waals surface area contributed by atoms with E-state index in [0.29, 0.717) is 22.4 Å². The van der Waals surface area contributed by atoms with Crippen molar-refractivity contribution in [2.75, 3.05) is 18.1 Å². The summed E-state index contributed by atoms with van der Waals surface area (Å²) in [5, 5.41) is 8.79. The number of sulfonamides is 1. The molecule has 2 N–H and O–H groups in total. The van der Waals surface area contributed by atoms with Gasteiger partial charge in [-0.2, -0.15) is 18.3 Å². The van der Waals surface area contributed by atoms with E-state index in [4.69, 9.17) is 9.88 Å². The molecule has 2 aromatic carbocycles. The maximum atomic E-state index is 13.1. The molecule has 0 fully saturated rings. The Morgan fingerprint density at radius 2 is 1.88 bits per heavy atom. The van der Waals surface area contributed by atoms with Crippen LogP contribution in [0.5, 0.6) is 0 Å². The minimum atomic E-state index is -4.64. The molecule has 4 rings (SSSR count). The molecule has 13 heteroatoms. The van der Waals surface area contributed by atoms with Gasteiger partial charge in [-0.05, 0) is 54.4 Å². The minimum Gasteiger partial charge on any atom is -0.452 e. The van der Waals surface area contributed by atoms with E-state index in [1.807, 2.05) is 0 Å². The van der Waals surface area contributed by atoms with E-state index in [1.54, 1.807) is 0 Å². The van der Waals surface area contributed by atoms with Gasteiger partial charge in [-0.3, -0.25) is 4.79 Å². The van der Waals surface area contributed by atoms with Crippen LogP contribution in [0.1, 0.15) is 21.6 Å². The molecule has 34 heavy (non-hydrogen) atoms. The Morgan fingerprint density at radius 3 is 2.59 bits per heavy atom. The predicted molar refractivity (Wildman–Crippen MR) is 113 cm³/mol. The average molecular weight is 494 g/mol. The quantitative estimate of drug-likeness (QED) is 0.543. The van der Waals surface area contributed by atoms with Crippen LogP contribution in [0.15, 0.2) is 59.6 Å². The van der Waals surface area contributed by atoms with Crippen molar-refractivity contribution in [2.24, 2.45) is 5.14 Å². The maximum absolute atomic E-state index is 13.1. The molecule has 0 aliphatic carbocycles. The number of ether oxygens (including phenoxy) is 1. The van der Waals surface area contributed by atoms with Crippen molar-refractivity contribution in [1.29, 1.82) is 0 Å². The lowest BCUT2D eigenvalue weighted by molar-refractivity contribution is -0.142. The molecule has 0 saturated carbocycles. The average Bonchev–Trinajstić information content (AvgIpc) is 3.43. The van der Waals surface area contributed by atoms with Gasteiger partial charge in [0.1, 0.15) is 5.69 Å². The summed E-state index contributed by atoms with van der Waals surface area (Å²) in [4.78, 5) is 26.3. The van der Waals surface area contributed by atoms with Crippen LogP contribution in [0.25, 0.3) is 5.69 Å². The predicted octanol–water partition coefficient (Wildman–Crippen LogP) is 2.28. The van der Waals surface area contributed by atoms with Gasteiger partial charge in [0.05, 0.1) is 22.3 Å². The van der Waals surface area contributed by atoms with Crippen LogP contribution in [0.4, 0.5) is 18.9 Å². The molecular formula is C21H17F3N4O5S. The van der Waals surface area contributed by atoms with Gasteiger partial charge in [0.15, 0.2) is 6.61 Å². The highest BCUT2D eigenvalue weighted by molar-refractivity contribution is 7.89. The van der Waals surface area contributed by atoms with Crippen molar-refractivity contribution in [1.82, 2.24) is 9.78 Å². The van der Waals surface area contributed by atoms with Crippen LogP contribution in [-0.2, 0) is 32.2 Å². The monoisotopic (exact) mass is 494 g/mol. The number of alkyl halides is 3. The number of amides is 1. The van der Waals surface area contributed by atoms with E-state index >= 15 is 0 Å². The van der Waals surface area contributed by atoms with Crippen molar-refractivity contribution in [2.45, 2.75) is 17.5 Å². The van der Waals surface area contributed by atoms with Crippen molar-refractivity contribution in [3.8, 4) is 5.69 Å². The van der Waals surface area contributed by atoms with Gasteiger partial charge in [-0.1, -0.05) is 6.07 Å². The Hall–Kier alpha value is -3.71. The second-order valence-corrected chi connectivity index (χ2v) is 8.94. The van der Waals surface area contributed by atoms with Gasteiger partial charge in [-0.25, -0.2) is 23.0 Å². The Balaban J connectivity index is 1.45. The summed E-state index contributed by atoms with van der Waals surface area (Å²) in [5.41, 5.74) is 0.0182. The van der Waals surface area contributed by atoms with Gasteiger partial charge in [0.2, 0.25) is 10.0 Å². The van der Waals surface area contributed by atoms with Crippen LogP contribution >= 0.6 is 0 Å². The molecule has 0 unspecified atom stereocenters. The van der Waals surface area contributed by atoms with Crippen molar-refractivity contribution >= 4 is 27.6 Å². The first-order chi connectivity index (χ1) is 15.9. The number of rotatable bonds is 5. The molecular weight excluding hydrogens is 477 g/mol. The van der Waals surface area contributed by atoms with Crippen LogP contribution in [0.2, 0.25) is 0 Å². The summed E-state index contributed by atoms with van der Waals surface area (Å²) in [6, 6.07) is 10.2. The van der Waals surface area contributed by atoms with Gasteiger partial charge in [0, 0.05) is 12.2 Å². The first-order valence-electron chi connectivity index (χ1n) is 9.80. The summed E-state index contributed by atoms with van der Waals surface area (Å²) in [7, 11) is -3.89. The zero-order valence-electron chi connectivity index (χ0n) is 17.3. The van der Waals surface area contributed by atoms with Gasteiger partial charge >= 0.3 is 12.1 Å². The molecule has 2 heterocycles. The number of hydrogen-bond acceptors (Lipinski definition) is 6. The lowest BCUT2D eigenvalue weighted by Crippen LogP contribution is -2.33. The SMILES string of the molecule is NS(=O)(=O)c1ccc2c(c1)CCN2C(=O)COC(=O)c1cccc(-n2nccc2C(F)(F)F)c1. The number of esters is 1. The number of aromatic nitrogens is 2. The van der Waals surface area contributed by atoms with Gasteiger partial charge < -0.3 is 9.64 Å². The Kier molecular flexibility index (Phi) is 5.91. The molecule has 1 aliphatic rings. The molecule has 3 aromatic rings. The number of carbonyl (C=O) groups is 2. The highest BCUT2D eigenvalue weighted by Gasteiger charge is 2.35. The molecule has 0 saturated heterocycles. The first-order valence-corrected chi connectivity index (χ1v) is 11.3. The summed E-state index contributed by atoms with van der Waals surface area (Å²) < 4.78 is 68.1.